The summed E-state index contributed by atoms with van der Waals surface area (Å²) >= 11 is 0. The van der Waals surface area contributed by atoms with Crippen molar-refractivity contribution in [2.75, 3.05) is 23.7 Å². The summed E-state index contributed by atoms with van der Waals surface area (Å²) in [5, 5.41) is 4.52. The lowest BCUT2D eigenvalue weighted by atomic mass is 10.0. The summed E-state index contributed by atoms with van der Waals surface area (Å²) in [6.45, 7) is -2.24. The van der Waals surface area contributed by atoms with E-state index in [0.29, 0.717) is 11.4 Å². The van der Waals surface area contributed by atoms with Gasteiger partial charge in [-0.3, -0.25) is 0 Å². The number of nitrogens with one attached hydrogen (secondary N) is 2. The van der Waals surface area contributed by atoms with Gasteiger partial charge < -0.3 is 10.6 Å². The van der Waals surface area contributed by atoms with Gasteiger partial charge in [0.1, 0.15) is 13.1 Å². The van der Waals surface area contributed by atoms with E-state index in [0.717, 1.165) is 11.1 Å². The molecule has 0 aliphatic heterocycles. The Morgan fingerprint density at radius 1 is 0.542 bits per heavy atom. The molecule has 0 radical (unpaired) electrons. The molecule has 0 aromatic heterocycles. The van der Waals surface area contributed by atoms with Gasteiger partial charge in [-0.1, -0.05) is 24.3 Å². The van der Waals surface area contributed by atoms with Gasteiger partial charge in [-0.2, -0.15) is 26.3 Å². The zero-order valence-corrected chi connectivity index (χ0v) is 12.3. The maximum Gasteiger partial charge on any atom is 0.405 e. The van der Waals surface area contributed by atoms with Crippen LogP contribution in [0.4, 0.5) is 37.7 Å². The van der Waals surface area contributed by atoms with E-state index >= 15 is 0 Å². The van der Waals surface area contributed by atoms with Crippen molar-refractivity contribution in [1.82, 2.24) is 0 Å². The second kappa shape index (κ2) is 7.02. The predicted octanol–water partition coefficient (Wildman–Crippen LogP) is 5.30. The second-order valence-electron chi connectivity index (χ2n) is 5.09. The van der Waals surface area contributed by atoms with Crippen molar-refractivity contribution in [1.29, 1.82) is 0 Å². The lowest BCUT2D eigenvalue weighted by molar-refractivity contribution is -0.116. The number of benzene rings is 2. The lowest BCUT2D eigenvalue weighted by Crippen LogP contribution is -2.21. The highest BCUT2D eigenvalue weighted by molar-refractivity contribution is 5.68. The monoisotopic (exact) mass is 348 g/mol. The van der Waals surface area contributed by atoms with E-state index in [1.54, 1.807) is 24.3 Å². The Morgan fingerprint density at radius 2 is 0.833 bits per heavy atom. The van der Waals surface area contributed by atoms with Crippen LogP contribution in [0, 0.1) is 0 Å². The van der Waals surface area contributed by atoms with Crippen molar-refractivity contribution in [3.05, 3.63) is 48.5 Å². The molecule has 2 aromatic carbocycles. The summed E-state index contributed by atoms with van der Waals surface area (Å²) < 4.78 is 72.7. The molecule has 0 atom stereocenters. The Hall–Kier alpha value is -2.38. The van der Waals surface area contributed by atoms with Gasteiger partial charge in [0.05, 0.1) is 0 Å². The van der Waals surface area contributed by atoms with E-state index in [9.17, 15) is 26.3 Å². The Labute approximate surface area is 134 Å². The highest BCUT2D eigenvalue weighted by Crippen LogP contribution is 2.24. The minimum absolute atomic E-state index is 0.333. The van der Waals surface area contributed by atoms with Crippen LogP contribution < -0.4 is 10.6 Å². The van der Waals surface area contributed by atoms with E-state index in [4.69, 9.17) is 0 Å². The third-order valence-electron chi connectivity index (χ3n) is 3.09. The molecule has 0 spiro atoms. The van der Waals surface area contributed by atoms with Crippen LogP contribution in [0.3, 0.4) is 0 Å². The van der Waals surface area contributed by atoms with Crippen LogP contribution in [0.1, 0.15) is 0 Å². The molecule has 0 heterocycles. The van der Waals surface area contributed by atoms with E-state index in [1.807, 2.05) is 0 Å². The number of alkyl halides is 6. The summed E-state index contributed by atoms with van der Waals surface area (Å²) in [5.41, 5.74) is 2.16. The zero-order valence-electron chi connectivity index (χ0n) is 12.3. The Balaban J connectivity index is 1.99. The summed E-state index contributed by atoms with van der Waals surface area (Å²) in [5.74, 6) is 0. The van der Waals surface area contributed by atoms with Crippen molar-refractivity contribution >= 4 is 11.4 Å². The van der Waals surface area contributed by atoms with Gasteiger partial charge in [0.25, 0.3) is 0 Å². The Bertz CT molecular complexity index is 585. The first kappa shape index (κ1) is 18.0. The number of hydrogen-bond donors (Lipinski definition) is 2. The molecule has 0 fully saturated rings. The first-order chi connectivity index (χ1) is 11.1. The molecule has 130 valence electrons. The Morgan fingerprint density at radius 3 is 1.08 bits per heavy atom. The van der Waals surface area contributed by atoms with Crippen molar-refractivity contribution in [2.24, 2.45) is 0 Å². The van der Waals surface area contributed by atoms with Crippen LogP contribution >= 0.6 is 0 Å². The molecule has 0 aliphatic rings. The fourth-order valence-corrected chi connectivity index (χ4v) is 1.97. The largest absolute Gasteiger partial charge is 0.405 e. The van der Waals surface area contributed by atoms with Crippen LogP contribution in [0.2, 0.25) is 0 Å². The normalized spacial score (nSPS) is 12.1. The summed E-state index contributed by atoms with van der Waals surface area (Å²) in [6.07, 6.45) is -8.59. The molecule has 8 heteroatoms. The SMILES string of the molecule is FC(F)(F)CNc1ccc(-c2ccc(NCC(F)(F)F)cc2)cc1. The first-order valence-corrected chi connectivity index (χ1v) is 6.94. The van der Waals surface area contributed by atoms with Gasteiger partial charge >= 0.3 is 12.4 Å². The maximum atomic E-state index is 12.1. The third-order valence-corrected chi connectivity index (χ3v) is 3.09. The molecule has 0 saturated carbocycles. The van der Waals surface area contributed by atoms with E-state index in [-0.39, 0.29) is 0 Å². The van der Waals surface area contributed by atoms with E-state index in [2.05, 4.69) is 10.6 Å². The number of rotatable bonds is 5. The third kappa shape index (κ3) is 6.02. The summed E-state index contributed by atoms with van der Waals surface area (Å²) in [6, 6.07) is 12.6. The van der Waals surface area contributed by atoms with Gasteiger partial charge in [0, 0.05) is 11.4 Å². The van der Waals surface area contributed by atoms with Crippen molar-refractivity contribution in [3.8, 4) is 11.1 Å². The molecule has 0 bridgehead atoms. The van der Waals surface area contributed by atoms with Gasteiger partial charge in [0.15, 0.2) is 0 Å². The van der Waals surface area contributed by atoms with Crippen LogP contribution in [0.25, 0.3) is 11.1 Å². The zero-order chi connectivity index (χ0) is 17.8. The van der Waals surface area contributed by atoms with Crippen LogP contribution in [0.5, 0.6) is 0 Å². The molecule has 0 unspecified atom stereocenters. The number of halogens is 6. The van der Waals surface area contributed by atoms with Gasteiger partial charge in [0.2, 0.25) is 0 Å². The fourth-order valence-electron chi connectivity index (χ4n) is 1.97. The van der Waals surface area contributed by atoms with Crippen LogP contribution in [-0.2, 0) is 0 Å². The van der Waals surface area contributed by atoms with Crippen LogP contribution in [0.15, 0.2) is 48.5 Å². The molecule has 2 N–H and O–H groups in total. The molecular formula is C16H14F6N2. The molecule has 0 saturated heterocycles. The molecular weight excluding hydrogens is 334 g/mol. The van der Waals surface area contributed by atoms with Crippen molar-refractivity contribution in [3.63, 3.8) is 0 Å². The molecule has 2 rings (SSSR count). The maximum absolute atomic E-state index is 12.1. The average Bonchev–Trinajstić information content (AvgIpc) is 2.51. The minimum Gasteiger partial charge on any atom is -0.376 e. The van der Waals surface area contributed by atoms with E-state index in [1.165, 1.54) is 24.3 Å². The van der Waals surface area contributed by atoms with Gasteiger partial charge in [-0.15, -0.1) is 0 Å². The highest BCUT2D eigenvalue weighted by atomic mass is 19.4. The van der Waals surface area contributed by atoms with Crippen LogP contribution in [-0.4, -0.2) is 25.4 Å². The molecule has 2 aromatic rings. The minimum atomic E-state index is -4.29. The van der Waals surface area contributed by atoms with Gasteiger partial charge in [-0.25, -0.2) is 0 Å². The smallest absolute Gasteiger partial charge is 0.376 e. The molecule has 2 nitrogen and oxygen atoms in total. The first-order valence-electron chi connectivity index (χ1n) is 6.94. The van der Waals surface area contributed by atoms with E-state index < -0.39 is 25.4 Å². The predicted molar refractivity (Wildman–Crippen MR) is 81.0 cm³/mol. The fraction of sp³-hybridized carbons (Fsp3) is 0.250. The van der Waals surface area contributed by atoms with Crippen molar-refractivity contribution < 1.29 is 26.3 Å². The number of hydrogen-bond acceptors (Lipinski definition) is 2. The molecule has 0 amide bonds. The quantitative estimate of drug-likeness (QED) is 0.717. The second-order valence-corrected chi connectivity index (χ2v) is 5.09. The Kier molecular flexibility index (Phi) is 5.26. The molecule has 0 aliphatic carbocycles. The van der Waals surface area contributed by atoms with Gasteiger partial charge in [-0.05, 0) is 35.4 Å². The molecule has 24 heavy (non-hydrogen) atoms. The van der Waals surface area contributed by atoms with Crippen molar-refractivity contribution in [2.45, 2.75) is 12.4 Å². The average molecular weight is 348 g/mol. The standard InChI is InChI=1S/C16H14F6N2/c17-15(18,19)9-23-13-5-1-11(2-6-13)12-3-7-14(8-4-12)24-10-16(20,21)22/h1-8,23-24H,9-10H2. The highest BCUT2D eigenvalue weighted by Gasteiger charge is 2.27. The topological polar surface area (TPSA) is 24.1 Å². The number of anilines is 2. The summed E-state index contributed by atoms with van der Waals surface area (Å²) in [7, 11) is 0. The summed E-state index contributed by atoms with van der Waals surface area (Å²) in [4.78, 5) is 0. The lowest BCUT2D eigenvalue weighted by Gasteiger charge is -2.11.